The zero-order valence-corrected chi connectivity index (χ0v) is 15.1. The average Bonchev–Trinajstić information content (AvgIpc) is 3.11. The van der Waals surface area contributed by atoms with Crippen LogP contribution in [0.2, 0.25) is 0 Å². The standard InChI is InChI=1S/C20H24O6/c1-11-5-4-6-12(2)8-16(18-13(3)19(22)25-15(18)7-11)26-20(23)14-9-17(21)24-10-14/h6-7,9,15-18,21H,3-5,8,10H2,1-2H3/b11-7-,12-6-. The predicted molar refractivity (Wildman–Crippen MR) is 93.8 cm³/mol. The van der Waals surface area contributed by atoms with Crippen LogP contribution in [0, 0.1) is 5.92 Å². The summed E-state index contributed by atoms with van der Waals surface area (Å²) in [6.07, 6.45) is 5.49. The zero-order chi connectivity index (χ0) is 18.8. The molecule has 140 valence electrons. The maximum Gasteiger partial charge on any atom is 0.336 e. The molecule has 3 rings (SSSR count). The Kier molecular flexibility index (Phi) is 5.44. The van der Waals surface area contributed by atoms with Gasteiger partial charge in [-0.25, -0.2) is 9.59 Å². The average molecular weight is 360 g/mol. The molecule has 0 aromatic carbocycles. The lowest BCUT2D eigenvalue weighted by Gasteiger charge is -2.27. The molecule has 6 nitrogen and oxygen atoms in total. The largest absolute Gasteiger partial charge is 0.458 e. The van der Waals surface area contributed by atoms with Gasteiger partial charge in [-0.15, -0.1) is 0 Å². The maximum absolute atomic E-state index is 12.5. The van der Waals surface area contributed by atoms with Gasteiger partial charge >= 0.3 is 11.9 Å². The first kappa shape index (κ1) is 18.6. The van der Waals surface area contributed by atoms with Crippen LogP contribution in [0.4, 0.5) is 0 Å². The first-order chi connectivity index (χ1) is 12.3. The summed E-state index contributed by atoms with van der Waals surface area (Å²) < 4.78 is 16.2. The van der Waals surface area contributed by atoms with Crippen molar-refractivity contribution in [2.45, 2.75) is 51.6 Å². The van der Waals surface area contributed by atoms with E-state index in [4.69, 9.17) is 14.2 Å². The number of hydrogen-bond donors (Lipinski definition) is 1. The fraction of sp³-hybridized carbons (Fsp3) is 0.500. The summed E-state index contributed by atoms with van der Waals surface area (Å²) in [5, 5.41) is 9.40. The molecule has 4 atom stereocenters. The first-order valence-corrected chi connectivity index (χ1v) is 8.79. The summed E-state index contributed by atoms with van der Waals surface area (Å²) in [7, 11) is 0. The molecule has 1 aliphatic carbocycles. The molecule has 6 heteroatoms. The molecular weight excluding hydrogens is 336 g/mol. The van der Waals surface area contributed by atoms with E-state index in [1.165, 1.54) is 6.08 Å². The lowest BCUT2D eigenvalue weighted by molar-refractivity contribution is -0.147. The van der Waals surface area contributed by atoms with E-state index in [0.717, 1.165) is 24.0 Å². The highest BCUT2D eigenvalue weighted by molar-refractivity contribution is 5.92. The number of ether oxygens (including phenoxy) is 3. The van der Waals surface area contributed by atoms with E-state index in [2.05, 4.69) is 12.7 Å². The van der Waals surface area contributed by atoms with Crippen LogP contribution in [0.15, 0.2) is 47.1 Å². The van der Waals surface area contributed by atoms with Gasteiger partial charge in [0, 0.05) is 12.0 Å². The van der Waals surface area contributed by atoms with Crippen LogP contribution in [0.3, 0.4) is 0 Å². The number of carbonyl (C=O) groups excluding carboxylic acids is 2. The Labute approximate surface area is 152 Å². The van der Waals surface area contributed by atoms with E-state index >= 15 is 0 Å². The number of fused-ring (bicyclic) bond motifs is 1. The van der Waals surface area contributed by atoms with Crippen LogP contribution in [-0.2, 0) is 23.8 Å². The number of hydrogen-bond acceptors (Lipinski definition) is 6. The fourth-order valence-electron chi connectivity index (χ4n) is 3.52. The smallest absolute Gasteiger partial charge is 0.336 e. The molecule has 2 heterocycles. The number of allylic oxidation sites excluding steroid dienone is 2. The van der Waals surface area contributed by atoms with Crippen LogP contribution in [0.25, 0.3) is 0 Å². The highest BCUT2D eigenvalue weighted by atomic mass is 16.6. The summed E-state index contributed by atoms with van der Waals surface area (Å²) in [5.74, 6) is -1.44. The predicted octanol–water partition coefficient (Wildman–Crippen LogP) is 2.35. The van der Waals surface area contributed by atoms with Crippen molar-refractivity contribution in [1.29, 1.82) is 0 Å². The minimum atomic E-state index is -1.09. The lowest BCUT2D eigenvalue weighted by Crippen LogP contribution is -2.34. The van der Waals surface area contributed by atoms with Gasteiger partial charge in [-0.3, -0.25) is 0 Å². The highest BCUT2D eigenvalue weighted by Crippen LogP contribution is 2.36. The Balaban J connectivity index is 1.89. The quantitative estimate of drug-likeness (QED) is 0.462. The summed E-state index contributed by atoms with van der Waals surface area (Å²) in [6, 6.07) is 0. The summed E-state index contributed by atoms with van der Waals surface area (Å²) in [6.45, 7) is 7.86. The Morgan fingerprint density at radius 1 is 1.31 bits per heavy atom. The maximum atomic E-state index is 12.5. The molecule has 0 spiro atoms. The van der Waals surface area contributed by atoms with Crippen molar-refractivity contribution in [3.8, 4) is 0 Å². The number of esters is 2. The molecule has 2 aliphatic heterocycles. The molecule has 26 heavy (non-hydrogen) atoms. The third-order valence-electron chi connectivity index (χ3n) is 4.94. The fourth-order valence-corrected chi connectivity index (χ4v) is 3.52. The van der Waals surface area contributed by atoms with Gasteiger partial charge in [0.05, 0.1) is 18.1 Å². The summed E-state index contributed by atoms with van der Waals surface area (Å²) in [4.78, 5) is 24.6. The van der Waals surface area contributed by atoms with Gasteiger partial charge in [0.2, 0.25) is 0 Å². The third kappa shape index (κ3) is 3.97. The Bertz CT molecular complexity index is 714. The Morgan fingerprint density at radius 2 is 2.08 bits per heavy atom. The molecule has 0 radical (unpaired) electrons. The first-order valence-electron chi connectivity index (χ1n) is 8.79. The lowest BCUT2D eigenvalue weighted by atomic mass is 9.85. The second-order valence-electron chi connectivity index (χ2n) is 7.06. The summed E-state index contributed by atoms with van der Waals surface area (Å²) in [5.41, 5.74) is 2.80. The molecule has 1 saturated heterocycles. The number of rotatable bonds is 2. The van der Waals surface area contributed by atoms with Gasteiger partial charge in [0.15, 0.2) is 6.29 Å². The molecular formula is C20H24O6. The Hall–Kier alpha value is -2.18. The third-order valence-corrected chi connectivity index (χ3v) is 4.94. The van der Waals surface area contributed by atoms with E-state index in [-0.39, 0.29) is 12.2 Å². The van der Waals surface area contributed by atoms with E-state index in [1.807, 2.05) is 19.9 Å². The second kappa shape index (κ2) is 7.60. The van der Waals surface area contributed by atoms with Gasteiger partial charge in [0.1, 0.15) is 12.2 Å². The van der Waals surface area contributed by atoms with Crippen molar-refractivity contribution in [3.05, 3.63) is 47.1 Å². The van der Waals surface area contributed by atoms with Crippen LogP contribution >= 0.6 is 0 Å². The molecule has 0 aromatic heterocycles. The molecule has 4 unspecified atom stereocenters. The van der Waals surface area contributed by atoms with Crippen LogP contribution in [0.5, 0.6) is 0 Å². The van der Waals surface area contributed by atoms with Crippen molar-refractivity contribution in [1.82, 2.24) is 0 Å². The highest BCUT2D eigenvalue weighted by Gasteiger charge is 2.44. The Morgan fingerprint density at radius 3 is 2.77 bits per heavy atom. The van der Waals surface area contributed by atoms with Crippen LogP contribution < -0.4 is 0 Å². The zero-order valence-electron chi connectivity index (χ0n) is 15.1. The molecule has 1 fully saturated rings. The van der Waals surface area contributed by atoms with Crippen molar-refractivity contribution in [2.75, 3.05) is 6.61 Å². The van der Waals surface area contributed by atoms with E-state index in [1.54, 1.807) is 0 Å². The van der Waals surface area contributed by atoms with Crippen LogP contribution in [0.1, 0.15) is 33.1 Å². The minimum Gasteiger partial charge on any atom is -0.458 e. The molecule has 0 bridgehead atoms. The van der Waals surface area contributed by atoms with Crippen molar-refractivity contribution in [2.24, 2.45) is 5.92 Å². The van der Waals surface area contributed by atoms with E-state index in [9.17, 15) is 14.7 Å². The SMILES string of the molecule is C=C1C(=O)OC2/C=C(/C)CC/C=C(/C)CC(OC(=O)C3=CC(O)OC3)C12. The van der Waals surface area contributed by atoms with Gasteiger partial charge in [-0.1, -0.05) is 23.8 Å². The van der Waals surface area contributed by atoms with Crippen molar-refractivity contribution >= 4 is 11.9 Å². The van der Waals surface area contributed by atoms with Gasteiger partial charge in [0.25, 0.3) is 0 Å². The number of carbonyl (C=O) groups is 2. The molecule has 3 aliphatic rings. The van der Waals surface area contributed by atoms with Crippen LogP contribution in [-0.4, -0.2) is 42.1 Å². The minimum absolute atomic E-state index is 0.00498. The summed E-state index contributed by atoms with van der Waals surface area (Å²) >= 11 is 0. The second-order valence-corrected chi connectivity index (χ2v) is 7.06. The van der Waals surface area contributed by atoms with Gasteiger partial charge < -0.3 is 19.3 Å². The normalized spacial score (nSPS) is 36.2. The monoisotopic (exact) mass is 360 g/mol. The molecule has 1 N–H and O–H groups in total. The van der Waals surface area contributed by atoms with Gasteiger partial charge in [-0.2, -0.15) is 0 Å². The number of aliphatic hydroxyl groups is 1. The molecule has 0 aromatic rings. The van der Waals surface area contributed by atoms with Crippen molar-refractivity contribution in [3.63, 3.8) is 0 Å². The molecule has 0 amide bonds. The van der Waals surface area contributed by atoms with Crippen molar-refractivity contribution < 1.29 is 28.9 Å². The van der Waals surface area contributed by atoms with E-state index in [0.29, 0.717) is 12.0 Å². The van der Waals surface area contributed by atoms with E-state index < -0.39 is 36.4 Å². The topological polar surface area (TPSA) is 82.1 Å². The number of aliphatic hydroxyl groups excluding tert-OH is 1. The van der Waals surface area contributed by atoms with Gasteiger partial charge in [-0.05, 0) is 38.8 Å². The molecule has 0 saturated carbocycles.